The Labute approximate surface area is 114 Å². The molecule has 0 aromatic rings. The highest BCUT2D eigenvalue weighted by Crippen LogP contribution is 2.48. The highest BCUT2D eigenvalue weighted by Gasteiger charge is 2.64. The van der Waals surface area contributed by atoms with Gasteiger partial charge in [0.25, 0.3) is 0 Å². The van der Waals surface area contributed by atoms with Crippen LogP contribution >= 0.6 is 0 Å². The maximum Gasteiger partial charge on any atom is 0.411 e. The lowest BCUT2D eigenvalue weighted by Gasteiger charge is -2.31. The third-order valence-electron chi connectivity index (χ3n) is 3.37. The first-order chi connectivity index (χ1) is 8.87. The van der Waals surface area contributed by atoms with Crippen LogP contribution in [0.5, 0.6) is 0 Å². The molecule has 1 saturated carbocycles. The van der Waals surface area contributed by atoms with Gasteiger partial charge in [0.05, 0.1) is 6.42 Å². The molecule has 0 heterocycles. The van der Waals surface area contributed by atoms with E-state index in [-0.39, 0.29) is 19.3 Å². The van der Waals surface area contributed by atoms with Gasteiger partial charge in [0.15, 0.2) is 0 Å². The molecule has 1 aliphatic carbocycles. The molecule has 3 N–H and O–H groups in total. The summed E-state index contributed by atoms with van der Waals surface area (Å²) < 4.78 is 38.1. The van der Waals surface area contributed by atoms with Crippen molar-refractivity contribution < 1.29 is 27.9 Å². The lowest BCUT2D eigenvalue weighted by atomic mass is 9.85. The molecule has 0 bridgehead atoms. The molecule has 0 aliphatic heterocycles. The van der Waals surface area contributed by atoms with Crippen molar-refractivity contribution in [2.24, 2.45) is 5.41 Å². The summed E-state index contributed by atoms with van der Waals surface area (Å²) in [5.74, 6) is -1.12. The van der Waals surface area contributed by atoms with Gasteiger partial charge in [-0.15, -0.1) is 0 Å². The zero-order chi connectivity index (χ0) is 15.8. The molecule has 0 saturated heterocycles. The zero-order valence-corrected chi connectivity index (χ0v) is 11.6. The summed E-state index contributed by atoms with van der Waals surface area (Å²) in [5, 5.41) is 13.0. The fraction of sp³-hybridized carbons (Fsp3) is 0.833. The molecule has 1 fully saturated rings. The van der Waals surface area contributed by atoms with Gasteiger partial charge >= 0.3 is 18.2 Å². The minimum atomic E-state index is -4.49. The molecule has 5 nitrogen and oxygen atoms in total. The normalized spacial score (nSPS) is 19.1. The molecule has 0 radical (unpaired) electrons. The van der Waals surface area contributed by atoms with Crippen molar-refractivity contribution in [2.75, 3.05) is 0 Å². The molecule has 0 aromatic heterocycles. The van der Waals surface area contributed by atoms with Gasteiger partial charge in [0.1, 0.15) is 5.54 Å². The van der Waals surface area contributed by atoms with Crippen LogP contribution < -0.4 is 10.6 Å². The van der Waals surface area contributed by atoms with Crippen LogP contribution in [0.15, 0.2) is 0 Å². The number of alkyl halides is 3. The number of carboxylic acids is 1. The summed E-state index contributed by atoms with van der Waals surface area (Å²) in [5.41, 5.74) is -2.73. The molecule has 20 heavy (non-hydrogen) atoms. The molecule has 8 heteroatoms. The summed E-state index contributed by atoms with van der Waals surface area (Å²) >= 11 is 0. The average Bonchev–Trinajstić information content (AvgIpc) is 2.94. The number of carbonyl (C=O) groups excluding carboxylic acids is 1. The molecule has 0 spiro atoms. The highest BCUT2D eigenvalue weighted by molar-refractivity contribution is 5.77. The van der Waals surface area contributed by atoms with Crippen molar-refractivity contribution in [3.63, 3.8) is 0 Å². The molecular weight excluding hydrogens is 277 g/mol. The maximum absolute atomic E-state index is 12.7. The number of urea groups is 1. The minimum Gasteiger partial charge on any atom is -0.481 e. The van der Waals surface area contributed by atoms with Gasteiger partial charge in [0, 0.05) is 6.04 Å². The second-order valence-electron chi connectivity index (χ2n) is 6.19. The number of amides is 2. The van der Waals surface area contributed by atoms with Crippen LogP contribution in [0.1, 0.15) is 40.0 Å². The van der Waals surface area contributed by atoms with E-state index in [0.717, 1.165) is 0 Å². The monoisotopic (exact) mass is 296 g/mol. The van der Waals surface area contributed by atoms with E-state index in [0.29, 0.717) is 0 Å². The van der Waals surface area contributed by atoms with E-state index in [9.17, 15) is 22.8 Å². The number of carbonyl (C=O) groups is 2. The SMILES string of the molecule is CC(C)(C)C(CC(=O)O)NC(=O)NC1(C(F)(F)F)CC1. The molecule has 1 unspecified atom stereocenters. The first kappa shape index (κ1) is 16.6. The van der Waals surface area contributed by atoms with E-state index < -0.39 is 35.2 Å². The predicted octanol–water partition coefficient (Wildman–Crippen LogP) is 2.27. The Morgan fingerprint density at radius 2 is 1.75 bits per heavy atom. The Morgan fingerprint density at radius 1 is 1.25 bits per heavy atom. The summed E-state index contributed by atoms with van der Waals surface area (Å²) in [6, 6.07) is -1.75. The number of hydrogen-bond acceptors (Lipinski definition) is 2. The van der Waals surface area contributed by atoms with E-state index in [2.05, 4.69) is 5.32 Å². The van der Waals surface area contributed by atoms with Gasteiger partial charge in [-0.1, -0.05) is 20.8 Å². The second kappa shape index (κ2) is 5.14. The van der Waals surface area contributed by atoms with Crippen LogP contribution in [0.4, 0.5) is 18.0 Å². The topological polar surface area (TPSA) is 78.4 Å². The molecule has 116 valence electrons. The van der Waals surface area contributed by atoms with Crippen molar-refractivity contribution in [2.45, 2.75) is 57.8 Å². The average molecular weight is 296 g/mol. The third-order valence-corrected chi connectivity index (χ3v) is 3.37. The van der Waals surface area contributed by atoms with Crippen molar-refractivity contribution in [1.82, 2.24) is 10.6 Å². The van der Waals surface area contributed by atoms with Crippen LogP contribution in [0.3, 0.4) is 0 Å². The fourth-order valence-corrected chi connectivity index (χ4v) is 1.76. The van der Waals surface area contributed by atoms with E-state index in [1.54, 1.807) is 20.8 Å². The van der Waals surface area contributed by atoms with Crippen molar-refractivity contribution in [3.05, 3.63) is 0 Å². The first-order valence-corrected chi connectivity index (χ1v) is 6.25. The number of rotatable bonds is 4. The minimum absolute atomic E-state index is 0.150. The van der Waals surface area contributed by atoms with Gasteiger partial charge in [0.2, 0.25) is 0 Å². The Balaban J connectivity index is 2.66. The third kappa shape index (κ3) is 4.01. The second-order valence-corrected chi connectivity index (χ2v) is 6.19. The zero-order valence-electron chi connectivity index (χ0n) is 11.6. The van der Waals surface area contributed by atoms with Crippen LogP contribution in [0.25, 0.3) is 0 Å². The molecule has 1 aliphatic rings. The molecule has 0 aromatic carbocycles. The van der Waals surface area contributed by atoms with E-state index in [4.69, 9.17) is 5.11 Å². The largest absolute Gasteiger partial charge is 0.481 e. The quantitative estimate of drug-likeness (QED) is 0.744. The van der Waals surface area contributed by atoms with Gasteiger partial charge in [-0.25, -0.2) is 4.79 Å². The summed E-state index contributed by atoms with van der Waals surface area (Å²) in [7, 11) is 0. The highest BCUT2D eigenvalue weighted by atomic mass is 19.4. The Morgan fingerprint density at radius 3 is 2.05 bits per heavy atom. The molecule has 2 amide bonds. The summed E-state index contributed by atoms with van der Waals surface area (Å²) in [6.45, 7) is 5.12. The van der Waals surface area contributed by atoms with Crippen molar-refractivity contribution in [1.29, 1.82) is 0 Å². The van der Waals surface area contributed by atoms with Gasteiger partial charge in [-0.05, 0) is 18.3 Å². The number of nitrogens with one attached hydrogen (secondary N) is 2. The van der Waals surface area contributed by atoms with Crippen molar-refractivity contribution >= 4 is 12.0 Å². The van der Waals surface area contributed by atoms with Crippen LogP contribution in [0.2, 0.25) is 0 Å². The molecule has 1 rings (SSSR count). The summed E-state index contributed by atoms with van der Waals surface area (Å²) in [4.78, 5) is 22.4. The smallest absolute Gasteiger partial charge is 0.411 e. The van der Waals surface area contributed by atoms with Crippen molar-refractivity contribution in [3.8, 4) is 0 Å². The van der Waals surface area contributed by atoms with E-state index >= 15 is 0 Å². The maximum atomic E-state index is 12.7. The van der Waals surface area contributed by atoms with Gasteiger partial charge in [-0.2, -0.15) is 13.2 Å². The Hall–Kier alpha value is -1.47. The predicted molar refractivity (Wildman–Crippen MR) is 65.2 cm³/mol. The number of carboxylic acid groups (broad SMARTS) is 1. The fourth-order valence-electron chi connectivity index (χ4n) is 1.76. The van der Waals surface area contributed by atoms with Crippen LogP contribution in [0, 0.1) is 5.41 Å². The number of halogens is 3. The standard InChI is InChI=1S/C12H19F3N2O3/c1-10(2,3)7(6-8(18)19)16-9(20)17-11(4-5-11)12(13,14)15/h7H,4-6H2,1-3H3,(H,18,19)(H2,16,17,20). The molecular formula is C12H19F3N2O3. The number of hydrogen-bond donors (Lipinski definition) is 3. The van der Waals surface area contributed by atoms with Crippen LogP contribution in [-0.4, -0.2) is 34.9 Å². The first-order valence-electron chi connectivity index (χ1n) is 6.25. The lowest BCUT2D eigenvalue weighted by molar-refractivity contribution is -0.162. The van der Waals surface area contributed by atoms with E-state index in [1.165, 1.54) is 0 Å². The molecule has 1 atom stereocenters. The Bertz CT molecular complexity index is 398. The Kier molecular flexibility index (Phi) is 4.26. The van der Waals surface area contributed by atoms with Gasteiger partial charge < -0.3 is 15.7 Å². The van der Waals surface area contributed by atoms with Gasteiger partial charge in [-0.3, -0.25) is 4.79 Å². The van der Waals surface area contributed by atoms with E-state index in [1.807, 2.05) is 5.32 Å². The lowest BCUT2D eigenvalue weighted by Crippen LogP contribution is -2.55. The summed E-state index contributed by atoms with van der Waals surface area (Å²) in [6.07, 6.45) is -5.14. The van der Waals surface area contributed by atoms with Crippen LogP contribution in [-0.2, 0) is 4.79 Å². The number of aliphatic carboxylic acids is 1.